The highest BCUT2D eigenvalue weighted by Gasteiger charge is 2.37. The second-order valence-electron chi connectivity index (χ2n) is 12.2. The van der Waals surface area contributed by atoms with Crippen LogP contribution in [-0.4, -0.2) is 29.1 Å². The van der Waals surface area contributed by atoms with E-state index in [1.807, 2.05) is 43.9 Å². The summed E-state index contributed by atoms with van der Waals surface area (Å²) in [6.07, 6.45) is 7.12. The van der Waals surface area contributed by atoms with Crippen LogP contribution in [0.3, 0.4) is 0 Å². The van der Waals surface area contributed by atoms with E-state index < -0.39 is 5.97 Å². The van der Waals surface area contributed by atoms with Gasteiger partial charge in [0.1, 0.15) is 10.6 Å². The van der Waals surface area contributed by atoms with Crippen LogP contribution in [0.5, 0.6) is 5.75 Å². The van der Waals surface area contributed by atoms with Gasteiger partial charge in [-0.15, -0.1) is 11.3 Å². The minimum Gasteiger partial charge on any atom is -0.490 e. The zero-order chi connectivity index (χ0) is 27.4. The van der Waals surface area contributed by atoms with Gasteiger partial charge in [0, 0.05) is 17.4 Å². The Hall–Kier alpha value is -2.78. The summed E-state index contributed by atoms with van der Waals surface area (Å²) in [7, 11) is 0. The van der Waals surface area contributed by atoms with E-state index in [4.69, 9.17) is 4.74 Å². The largest absolute Gasteiger partial charge is 0.490 e. The minimum absolute atomic E-state index is 0.0455. The fraction of sp³-hybridized carbons (Fsp3) is 0.562. The third kappa shape index (κ3) is 7.20. The van der Waals surface area contributed by atoms with Gasteiger partial charge in [0.05, 0.1) is 16.7 Å². The first-order valence-corrected chi connectivity index (χ1v) is 14.8. The second kappa shape index (κ2) is 11.9. The molecule has 2 saturated carbocycles. The number of carbonyl (C=O) groups is 2. The lowest BCUT2D eigenvalue weighted by atomic mass is 9.81. The number of hydrogen-bond donors (Lipinski definition) is 1. The van der Waals surface area contributed by atoms with E-state index in [1.54, 1.807) is 0 Å². The van der Waals surface area contributed by atoms with Crippen LogP contribution in [-0.2, 0) is 4.79 Å². The lowest BCUT2D eigenvalue weighted by Gasteiger charge is -2.39. The number of anilines is 1. The highest BCUT2D eigenvalue weighted by Crippen LogP contribution is 2.39. The van der Waals surface area contributed by atoms with Gasteiger partial charge in [-0.25, -0.2) is 4.79 Å². The van der Waals surface area contributed by atoms with Gasteiger partial charge in [-0.2, -0.15) is 0 Å². The smallest absolute Gasteiger partial charge is 0.348 e. The molecule has 2 fully saturated rings. The summed E-state index contributed by atoms with van der Waals surface area (Å²) in [6, 6.07) is 9.91. The first-order valence-electron chi connectivity index (χ1n) is 14.0. The summed E-state index contributed by atoms with van der Waals surface area (Å²) in [6.45, 7) is 10.4. The highest BCUT2D eigenvalue weighted by atomic mass is 32.1. The monoisotopic (exact) mass is 535 g/mol. The number of nitrogens with zero attached hydrogens (tertiary/aromatic N) is 1. The van der Waals surface area contributed by atoms with Crippen molar-refractivity contribution in [1.82, 2.24) is 0 Å². The van der Waals surface area contributed by atoms with Crippen LogP contribution in [0.4, 0.5) is 5.69 Å². The summed E-state index contributed by atoms with van der Waals surface area (Å²) in [4.78, 5) is 29.2. The molecule has 0 radical (unpaired) electrons. The van der Waals surface area contributed by atoms with E-state index in [2.05, 4.69) is 37.8 Å². The standard InChI is InChI=1S/C32H41NO4S/c1-21-6-10-23(11-7-21)30(34)33(28-20-27(18-19-32(3,4)5)38-29(28)31(35)36)24-12-16-26(17-13-24)37-25-14-8-22(2)9-15-25/h8-9,14-15,20-21,23-24,26H,6-7,10-13,16-17H2,1-5H3,(H,35,36). The second-order valence-corrected chi connectivity index (χ2v) is 13.2. The molecule has 0 bridgehead atoms. The molecule has 0 unspecified atom stereocenters. The first kappa shape index (κ1) is 28.2. The summed E-state index contributed by atoms with van der Waals surface area (Å²) in [5, 5.41) is 10.1. The number of aryl methyl sites for hydroxylation is 1. The fourth-order valence-electron chi connectivity index (χ4n) is 5.45. The number of ether oxygens (including phenoxy) is 1. The summed E-state index contributed by atoms with van der Waals surface area (Å²) >= 11 is 1.18. The number of carboxylic acid groups (broad SMARTS) is 1. The molecular formula is C32H41NO4S. The molecule has 5 nitrogen and oxygen atoms in total. The molecule has 0 saturated heterocycles. The molecule has 2 aliphatic rings. The maximum Gasteiger partial charge on any atom is 0.348 e. The average Bonchev–Trinajstić information content (AvgIpc) is 3.30. The minimum atomic E-state index is -1.000. The molecule has 1 amide bonds. The van der Waals surface area contributed by atoms with E-state index in [0.29, 0.717) is 16.5 Å². The van der Waals surface area contributed by atoms with Crippen molar-refractivity contribution in [3.63, 3.8) is 0 Å². The number of hydrogen-bond acceptors (Lipinski definition) is 4. The van der Waals surface area contributed by atoms with Crippen LogP contribution in [0.25, 0.3) is 0 Å². The fourth-order valence-corrected chi connectivity index (χ4v) is 6.30. The Bertz CT molecular complexity index is 1180. The van der Waals surface area contributed by atoms with Crippen molar-refractivity contribution in [2.45, 2.75) is 98.1 Å². The maximum atomic E-state index is 14.1. The Morgan fingerprint density at radius 3 is 2.21 bits per heavy atom. The topological polar surface area (TPSA) is 66.8 Å². The molecule has 1 aromatic heterocycles. The Labute approximate surface area is 231 Å². The Morgan fingerprint density at radius 1 is 1.00 bits per heavy atom. The van der Waals surface area contributed by atoms with Crippen molar-refractivity contribution in [3.05, 3.63) is 45.6 Å². The third-order valence-corrected chi connectivity index (χ3v) is 8.69. The molecule has 1 aromatic carbocycles. The van der Waals surface area contributed by atoms with Crippen LogP contribution in [0.1, 0.15) is 99.2 Å². The molecule has 38 heavy (non-hydrogen) atoms. The van der Waals surface area contributed by atoms with Crippen LogP contribution >= 0.6 is 11.3 Å². The zero-order valence-corrected chi connectivity index (χ0v) is 24.2. The number of amides is 1. The number of carbonyl (C=O) groups excluding carboxylic acids is 1. The molecule has 2 aliphatic carbocycles. The van der Waals surface area contributed by atoms with Gasteiger partial charge >= 0.3 is 5.97 Å². The van der Waals surface area contributed by atoms with Gasteiger partial charge < -0.3 is 14.7 Å². The average molecular weight is 536 g/mol. The Balaban J connectivity index is 1.60. The maximum absolute atomic E-state index is 14.1. The number of thiophene rings is 1. The van der Waals surface area contributed by atoms with E-state index in [0.717, 1.165) is 57.1 Å². The van der Waals surface area contributed by atoms with Gasteiger partial charge in [0.2, 0.25) is 5.91 Å². The SMILES string of the molecule is Cc1ccc(OC2CCC(N(C(=O)C3CCC(C)CC3)c3cc(C#CC(C)(C)C)sc3C(=O)O)CC2)cc1. The molecular weight excluding hydrogens is 494 g/mol. The third-order valence-electron chi connectivity index (χ3n) is 7.66. The molecule has 1 heterocycles. The summed E-state index contributed by atoms with van der Waals surface area (Å²) in [5.41, 5.74) is 1.52. The molecule has 204 valence electrons. The predicted octanol–water partition coefficient (Wildman–Crippen LogP) is 7.70. The lowest BCUT2D eigenvalue weighted by molar-refractivity contribution is -0.124. The molecule has 0 aliphatic heterocycles. The van der Waals surface area contributed by atoms with Crippen LogP contribution < -0.4 is 9.64 Å². The van der Waals surface area contributed by atoms with E-state index >= 15 is 0 Å². The van der Waals surface area contributed by atoms with E-state index in [9.17, 15) is 14.7 Å². The van der Waals surface area contributed by atoms with Gasteiger partial charge in [-0.05, 0) is 103 Å². The number of rotatable bonds is 6. The van der Waals surface area contributed by atoms with Crippen LogP contribution in [0, 0.1) is 36.0 Å². The molecule has 2 aromatic rings. The normalized spacial score (nSPS) is 23.7. The van der Waals surface area contributed by atoms with Gasteiger partial charge in [0.25, 0.3) is 0 Å². The highest BCUT2D eigenvalue weighted by molar-refractivity contribution is 7.15. The van der Waals surface area contributed by atoms with Crippen molar-refractivity contribution in [3.8, 4) is 17.6 Å². The van der Waals surface area contributed by atoms with Crippen LogP contribution in [0.15, 0.2) is 30.3 Å². The predicted molar refractivity (Wildman–Crippen MR) is 154 cm³/mol. The number of benzene rings is 1. The van der Waals surface area contributed by atoms with Gasteiger partial charge in [0.15, 0.2) is 0 Å². The van der Waals surface area contributed by atoms with Crippen molar-refractivity contribution in [1.29, 1.82) is 0 Å². The Morgan fingerprint density at radius 2 is 1.63 bits per heavy atom. The number of carboxylic acids is 1. The molecule has 0 spiro atoms. The first-order chi connectivity index (χ1) is 18.0. The molecule has 6 heteroatoms. The Kier molecular flexibility index (Phi) is 8.88. The van der Waals surface area contributed by atoms with Crippen molar-refractivity contribution in [2.24, 2.45) is 17.3 Å². The lowest BCUT2D eigenvalue weighted by Crippen LogP contribution is -2.47. The quantitative estimate of drug-likeness (QED) is 0.385. The van der Waals surface area contributed by atoms with Crippen molar-refractivity contribution in [2.75, 3.05) is 4.90 Å². The van der Waals surface area contributed by atoms with E-state index in [1.165, 1.54) is 16.9 Å². The zero-order valence-electron chi connectivity index (χ0n) is 23.4. The van der Waals surface area contributed by atoms with Crippen molar-refractivity contribution >= 4 is 28.9 Å². The molecule has 1 N–H and O–H groups in total. The number of aromatic carboxylic acids is 1. The van der Waals surface area contributed by atoms with Crippen LogP contribution in [0.2, 0.25) is 0 Å². The summed E-state index contributed by atoms with van der Waals surface area (Å²) < 4.78 is 6.25. The summed E-state index contributed by atoms with van der Waals surface area (Å²) in [5.74, 6) is 6.91. The van der Waals surface area contributed by atoms with Gasteiger partial charge in [-0.1, -0.05) is 36.5 Å². The van der Waals surface area contributed by atoms with Gasteiger partial charge in [-0.3, -0.25) is 4.79 Å². The molecule has 4 rings (SSSR count). The van der Waals surface area contributed by atoms with Crippen molar-refractivity contribution < 1.29 is 19.4 Å². The van der Waals surface area contributed by atoms with E-state index in [-0.39, 0.29) is 34.3 Å². The molecule has 0 atom stereocenters.